The van der Waals surface area contributed by atoms with E-state index in [-0.39, 0.29) is 12.4 Å². The third-order valence-corrected chi connectivity index (χ3v) is 3.64. The molecular formula is C15H22F2N6O. The van der Waals surface area contributed by atoms with Crippen LogP contribution in [0, 0.1) is 0 Å². The number of hydrogen-bond acceptors (Lipinski definition) is 4. The monoisotopic (exact) mass is 340 g/mol. The molecule has 0 aliphatic carbocycles. The summed E-state index contributed by atoms with van der Waals surface area (Å²) in [5.74, 6) is 1.56. The molecule has 0 amide bonds. The van der Waals surface area contributed by atoms with Gasteiger partial charge in [-0.15, -0.1) is 0 Å². The number of aryl methyl sites for hydroxylation is 2. The maximum Gasteiger partial charge on any atom is 0.319 e. The van der Waals surface area contributed by atoms with Gasteiger partial charge in [0.25, 0.3) is 0 Å². The van der Waals surface area contributed by atoms with Crippen LogP contribution in [0.5, 0.6) is 0 Å². The smallest absolute Gasteiger partial charge is 0.319 e. The molecule has 0 saturated heterocycles. The fourth-order valence-corrected chi connectivity index (χ4v) is 2.35. The molecule has 0 unspecified atom stereocenters. The average molecular weight is 340 g/mol. The van der Waals surface area contributed by atoms with Gasteiger partial charge in [0.1, 0.15) is 11.6 Å². The summed E-state index contributed by atoms with van der Waals surface area (Å²) in [7, 11) is 1.62. The van der Waals surface area contributed by atoms with E-state index in [0.717, 1.165) is 34.4 Å². The summed E-state index contributed by atoms with van der Waals surface area (Å²) in [5, 5.41) is 10.2. The van der Waals surface area contributed by atoms with Crippen molar-refractivity contribution < 1.29 is 13.3 Å². The van der Waals surface area contributed by atoms with Crippen LogP contribution in [0.4, 0.5) is 8.78 Å². The quantitative estimate of drug-likeness (QED) is 0.597. The van der Waals surface area contributed by atoms with Crippen molar-refractivity contribution in [2.45, 2.75) is 46.3 Å². The Balaban J connectivity index is 1.96. The molecule has 2 aromatic rings. The topological polar surface area (TPSA) is 80.3 Å². The van der Waals surface area contributed by atoms with Crippen LogP contribution in [0.3, 0.4) is 0 Å². The van der Waals surface area contributed by atoms with Gasteiger partial charge in [-0.1, -0.05) is 19.0 Å². The molecule has 132 valence electrons. The van der Waals surface area contributed by atoms with Gasteiger partial charge >= 0.3 is 6.55 Å². The van der Waals surface area contributed by atoms with E-state index < -0.39 is 6.55 Å². The lowest BCUT2D eigenvalue weighted by molar-refractivity contribution is 0.0668. The van der Waals surface area contributed by atoms with E-state index in [9.17, 15) is 8.78 Å². The lowest BCUT2D eigenvalue weighted by Crippen LogP contribution is -2.37. The number of halogens is 2. The molecule has 0 saturated carbocycles. The van der Waals surface area contributed by atoms with Crippen LogP contribution in [0.25, 0.3) is 0 Å². The molecule has 0 bridgehead atoms. The maximum absolute atomic E-state index is 12.8. The van der Waals surface area contributed by atoms with E-state index in [1.54, 1.807) is 7.05 Å². The molecule has 0 aromatic carbocycles. The van der Waals surface area contributed by atoms with E-state index in [0.29, 0.717) is 12.5 Å². The largest absolute Gasteiger partial charge is 0.361 e. The van der Waals surface area contributed by atoms with Crippen molar-refractivity contribution in [2.24, 2.45) is 4.99 Å². The number of guanidine groups is 1. The van der Waals surface area contributed by atoms with Crippen molar-refractivity contribution in [3.63, 3.8) is 0 Å². The molecule has 0 spiro atoms. The molecule has 2 rings (SSSR count). The van der Waals surface area contributed by atoms with Gasteiger partial charge in [-0.3, -0.25) is 9.56 Å². The number of alkyl halides is 2. The Kier molecular flexibility index (Phi) is 6.28. The summed E-state index contributed by atoms with van der Waals surface area (Å²) in [4.78, 5) is 8.01. The van der Waals surface area contributed by atoms with Crippen molar-refractivity contribution in [1.82, 2.24) is 25.3 Å². The Morgan fingerprint density at radius 1 is 1.29 bits per heavy atom. The first-order valence-electron chi connectivity index (χ1n) is 7.81. The third kappa shape index (κ3) is 4.09. The Hall–Kier alpha value is -2.45. The standard InChI is InChI=1S/C15H22F2N6O/c1-4-11-10(12(5-2)24-22-11)8-20-15(18-3)21-9-13-19-6-7-23(13)14(16)17/h6-7,14H,4-5,8-9H2,1-3H3,(H2,18,20,21). The van der Waals surface area contributed by atoms with Crippen molar-refractivity contribution in [2.75, 3.05) is 7.05 Å². The average Bonchev–Trinajstić information content (AvgIpc) is 3.20. The van der Waals surface area contributed by atoms with Crippen molar-refractivity contribution >= 4 is 5.96 Å². The highest BCUT2D eigenvalue weighted by atomic mass is 19.3. The molecule has 7 nitrogen and oxygen atoms in total. The van der Waals surface area contributed by atoms with Gasteiger partial charge in [0.05, 0.1) is 12.2 Å². The summed E-state index contributed by atoms with van der Waals surface area (Å²) in [6.45, 7) is 2.04. The second kappa shape index (κ2) is 8.42. The van der Waals surface area contributed by atoms with Crippen LogP contribution in [0.15, 0.2) is 21.9 Å². The molecule has 0 aliphatic heterocycles. The molecule has 2 aromatic heterocycles. The molecule has 0 aliphatic rings. The van der Waals surface area contributed by atoms with Gasteiger partial charge in [-0.2, -0.15) is 8.78 Å². The number of aromatic nitrogens is 3. The number of imidazole rings is 1. The van der Waals surface area contributed by atoms with Crippen LogP contribution in [0.1, 0.15) is 43.2 Å². The number of nitrogens with one attached hydrogen (secondary N) is 2. The second-order valence-corrected chi connectivity index (χ2v) is 5.05. The lowest BCUT2D eigenvalue weighted by atomic mass is 10.1. The van der Waals surface area contributed by atoms with E-state index in [4.69, 9.17) is 4.52 Å². The molecule has 0 radical (unpaired) electrons. The first kappa shape index (κ1) is 17.9. The molecule has 2 heterocycles. The molecule has 24 heavy (non-hydrogen) atoms. The molecule has 0 fully saturated rings. The second-order valence-electron chi connectivity index (χ2n) is 5.05. The fourth-order valence-electron chi connectivity index (χ4n) is 2.35. The summed E-state index contributed by atoms with van der Waals surface area (Å²) in [6.07, 6.45) is 4.12. The van der Waals surface area contributed by atoms with E-state index >= 15 is 0 Å². The number of aliphatic imine (C=N–C) groups is 1. The fraction of sp³-hybridized carbons (Fsp3) is 0.533. The maximum atomic E-state index is 12.8. The van der Waals surface area contributed by atoms with Crippen molar-refractivity contribution in [3.05, 3.63) is 35.2 Å². The first-order chi connectivity index (χ1) is 11.6. The Morgan fingerprint density at radius 2 is 2.04 bits per heavy atom. The number of nitrogens with zero attached hydrogens (tertiary/aromatic N) is 4. The van der Waals surface area contributed by atoms with Crippen LogP contribution >= 0.6 is 0 Å². The Bertz CT molecular complexity index is 658. The van der Waals surface area contributed by atoms with Gasteiger partial charge in [-0.25, -0.2) is 4.98 Å². The van der Waals surface area contributed by atoms with E-state index in [2.05, 4.69) is 25.8 Å². The summed E-state index contributed by atoms with van der Waals surface area (Å²) in [6, 6.07) is 0. The van der Waals surface area contributed by atoms with Crippen LogP contribution < -0.4 is 10.6 Å². The van der Waals surface area contributed by atoms with Crippen LogP contribution in [-0.2, 0) is 25.9 Å². The molecule has 2 N–H and O–H groups in total. The van der Waals surface area contributed by atoms with Crippen molar-refractivity contribution in [1.29, 1.82) is 0 Å². The normalized spacial score (nSPS) is 12.0. The lowest BCUT2D eigenvalue weighted by Gasteiger charge is -2.13. The zero-order chi connectivity index (χ0) is 17.5. The minimum atomic E-state index is -2.62. The van der Waals surface area contributed by atoms with Gasteiger partial charge in [0, 0.05) is 38.0 Å². The highest BCUT2D eigenvalue weighted by Crippen LogP contribution is 2.15. The Morgan fingerprint density at radius 3 is 2.67 bits per heavy atom. The molecule has 0 atom stereocenters. The van der Waals surface area contributed by atoms with Crippen molar-refractivity contribution in [3.8, 4) is 0 Å². The molecular weight excluding hydrogens is 318 g/mol. The number of rotatable bonds is 7. The predicted octanol–water partition coefficient (Wildman–Crippen LogP) is 2.26. The summed E-state index contributed by atoms with van der Waals surface area (Å²) >= 11 is 0. The third-order valence-electron chi connectivity index (χ3n) is 3.64. The minimum absolute atomic E-state index is 0.141. The van der Waals surface area contributed by atoms with E-state index in [1.165, 1.54) is 12.4 Å². The van der Waals surface area contributed by atoms with Crippen LogP contribution in [0.2, 0.25) is 0 Å². The Labute approximate surface area is 139 Å². The first-order valence-corrected chi connectivity index (χ1v) is 7.81. The van der Waals surface area contributed by atoms with E-state index in [1.807, 2.05) is 13.8 Å². The highest BCUT2D eigenvalue weighted by Gasteiger charge is 2.14. The van der Waals surface area contributed by atoms with Crippen LogP contribution in [-0.4, -0.2) is 27.7 Å². The van der Waals surface area contributed by atoms with Gasteiger partial charge < -0.3 is 15.2 Å². The molecule has 9 heteroatoms. The predicted molar refractivity (Wildman–Crippen MR) is 85.8 cm³/mol. The summed E-state index contributed by atoms with van der Waals surface area (Å²) < 4.78 is 31.7. The number of hydrogen-bond donors (Lipinski definition) is 2. The zero-order valence-electron chi connectivity index (χ0n) is 14.0. The van der Waals surface area contributed by atoms with Gasteiger partial charge in [-0.05, 0) is 6.42 Å². The van der Waals surface area contributed by atoms with Gasteiger partial charge in [0.15, 0.2) is 5.96 Å². The summed E-state index contributed by atoms with van der Waals surface area (Å²) in [5.41, 5.74) is 1.92. The van der Waals surface area contributed by atoms with Gasteiger partial charge in [0.2, 0.25) is 0 Å². The minimum Gasteiger partial charge on any atom is -0.361 e. The zero-order valence-corrected chi connectivity index (χ0v) is 14.0. The SMILES string of the molecule is CCc1noc(CC)c1CNC(=NC)NCc1nccn1C(F)F. The highest BCUT2D eigenvalue weighted by molar-refractivity contribution is 5.79.